The van der Waals surface area contributed by atoms with Crippen LogP contribution in [-0.4, -0.2) is 54.7 Å². The zero-order chi connectivity index (χ0) is 37.7. The summed E-state index contributed by atoms with van der Waals surface area (Å²) in [7, 11) is 1.50. The fourth-order valence-corrected chi connectivity index (χ4v) is 14.3. The Labute approximate surface area is 314 Å². The first-order chi connectivity index (χ1) is 24.7. The minimum Gasteiger partial charge on any atom is -0.481 e. The molecule has 292 valence electrons. The van der Waals surface area contributed by atoms with Crippen molar-refractivity contribution in [3.8, 4) is 0 Å². The van der Waals surface area contributed by atoms with E-state index in [0.717, 1.165) is 50.6 Å². The third-order valence-electron chi connectivity index (χ3n) is 17.0. The Kier molecular flexibility index (Phi) is 11.6. The molecular weight excluding hydrogens is 651 g/mol. The van der Waals surface area contributed by atoms with Crippen LogP contribution in [0.2, 0.25) is 0 Å². The van der Waals surface area contributed by atoms with Gasteiger partial charge in [0, 0.05) is 30.7 Å². The van der Waals surface area contributed by atoms with Crippen molar-refractivity contribution in [3.63, 3.8) is 0 Å². The van der Waals surface area contributed by atoms with Crippen molar-refractivity contribution >= 4 is 23.4 Å². The van der Waals surface area contributed by atoms with Crippen LogP contribution >= 0.6 is 0 Å². The molecule has 6 fully saturated rings. The summed E-state index contributed by atoms with van der Waals surface area (Å²) in [5.41, 5.74) is 7.56. The molecule has 8 nitrogen and oxygen atoms in total. The topological polar surface area (TPSA) is 139 Å². The second kappa shape index (κ2) is 15.2. The molecule has 6 aliphatic carbocycles. The number of carboxylic acid groups (broad SMARTS) is 1. The van der Waals surface area contributed by atoms with Gasteiger partial charge in [0.05, 0.1) is 12.0 Å². The highest BCUT2D eigenvalue weighted by molar-refractivity contribution is 6.00. The Bertz CT molecular complexity index is 1420. The van der Waals surface area contributed by atoms with Crippen LogP contribution in [0.3, 0.4) is 0 Å². The molecule has 1 heterocycles. The van der Waals surface area contributed by atoms with Crippen LogP contribution in [0.15, 0.2) is 11.1 Å². The summed E-state index contributed by atoms with van der Waals surface area (Å²) in [6.07, 6.45) is 15.2. The highest BCUT2D eigenvalue weighted by Gasteiger charge is 2.64. The maximum atomic E-state index is 13.9. The molecule has 0 aromatic heterocycles. The molecule has 0 aromatic carbocycles. The summed E-state index contributed by atoms with van der Waals surface area (Å²) in [6, 6.07) is -0.0774. The van der Waals surface area contributed by atoms with E-state index in [1.165, 1.54) is 51.1 Å². The van der Waals surface area contributed by atoms with E-state index in [-0.39, 0.29) is 51.9 Å². The second-order valence-electron chi connectivity index (χ2n) is 19.4. The fourth-order valence-electron chi connectivity index (χ4n) is 14.3. The molecule has 13 unspecified atom stereocenters. The molecule has 7 aliphatic rings. The molecule has 0 spiro atoms. The smallest absolute Gasteiger partial charge is 0.306 e. The van der Waals surface area contributed by atoms with E-state index in [4.69, 9.17) is 0 Å². The number of rotatable bonds is 9. The van der Waals surface area contributed by atoms with Gasteiger partial charge in [-0.3, -0.25) is 19.2 Å². The van der Waals surface area contributed by atoms with E-state index in [0.29, 0.717) is 72.9 Å². The molecule has 5 saturated carbocycles. The number of hydrogen-bond acceptors (Lipinski definition) is 6. The van der Waals surface area contributed by atoms with Crippen molar-refractivity contribution in [2.75, 3.05) is 20.1 Å². The summed E-state index contributed by atoms with van der Waals surface area (Å²) in [5.74, 6) is 3.09. The fraction of sp³-hybridized carbons (Fsp3) is 0.864. The lowest BCUT2D eigenvalue weighted by molar-refractivity contribution is -0.172. The quantitative estimate of drug-likeness (QED) is 0.195. The number of piperidine rings is 1. The molecule has 5 N–H and O–H groups in total. The summed E-state index contributed by atoms with van der Waals surface area (Å²) in [5, 5.41) is 16.1. The lowest BCUT2D eigenvalue weighted by Crippen LogP contribution is -2.60. The van der Waals surface area contributed by atoms with E-state index in [9.17, 15) is 24.3 Å². The van der Waals surface area contributed by atoms with Gasteiger partial charge >= 0.3 is 5.97 Å². The molecule has 1 saturated heterocycles. The van der Waals surface area contributed by atoms with Crippen molar-refractivity contribution in [2.24, 2.45) is 81.2 Å². The van der Waals surface area contributed by atoms with Crippen molar-refractivity contribution in [1.82, 2.24) is 10.6 Å². The number of amides is 1. The molecule has 1 aliphatic heterocycles. The summed E-state index contributed by atoms with van der Waals surface area (Å²) in [6.45, 7) is 15.6. The SMILES string of the molecule is CC(C)C1=C2C3CCC4C(C)(CCC5C(C)C(CC(=O)C6CC(C(=O)O)C6C)CCC54C)C3CCC2(CCNC(=O)C2CCCCN2)CC1=O.CN. The minimum atomic E-state index is -0.751. The first kappa shape index (κ1) is 39.6. The summed E-state index contributed by atoms with van der Waals surface area (Å²) in [4.78, 5) is 51.9. The van der Waals surface area contributed by atoms with Gasteiger partial charge in [-0.1, -0.05) is 53.5 Å². The third-order valence-corrected chi connectivity index (χ3v) is 17.0. The molecule has 8 heteroatoms. The van der Waals surface area contributed by atoms with Crippen LogP contribution in [0, 0.1) is 75.4 Å². The van der Waals surface area contributed by atoms with Gasteiger partial charge in [0.25, 0.3) is 0 Å². The predicted octanol–water partition coefficient (Wildman–Crippen LogP) is 7.34. The Hall–Kier alpha value is -2.06. The standard InChI is InChI=1S/C43H66N2O5.CH5N/c1-24(2)37-35(47)23-43(18-20-45-39(48)33-9-7-8-19-44-33)17-14-32-28(38(37)43)10-11-36-41(5)15-12-27(25(3)31(41)13-16-42(32,36)6)21-34(46)29-22-30(26(29)4)40(49)50;1-2/h24-33,36,44H,7-23H2,1-6H3,(H,45,48)(H,49,50);2H2,1H3. The van der Waals surface area contributed by atoms with E-state index in [2.05, 4.69) is 51.0 Å². The van der Waals surface area contributed by atoms with Crippen LogP contribution < -0.4 is 16.4 Å². The Morgan fingerprint density at radius 1 is 0.904 bits per heavy atom. The monoisotopic (exact) mass is 722 g/mol. The van der Waals surface area contributed by atoms with E-state index < -0.39 is 5.97 Å². The van der Waals surface area contributed by atoms with Gasteiger partial charge < -0.3 is 21.5 Å². The average molecular weight is 722 g/mol. The molecular formula is C44H71N3O5. The maximum absolute atomic E-state index is 13.9. The van der Waals surface area contributed by atoms with Crippen molar-refractivity contribution in [2.45, 2.75) is 144 Å². The number of Topliss-reactive ketones (excluding diaryl/α,β-unsaturated/α-hetero) is 2. The Morgan fingerprint density at radius 3 is 2.25 bits per heavy atom. The zero-order valence-corrected chi connectivity index (χ0v) is 33.5. The van der Waals surface area contributed by atoms with Gasteiger partial charge in [0.2, 0.25) is 5.91 Å². The van der Waals surface area contributed by atoms with Gasteiger partial charge in [0.1, 0.15) is 5.78 Å². The molecule has 52 heavy (non-hydrogen) atoms. The molecule has 7 rings (SSSR count). The van der Waals surface area contributed by atoms with Crippen molar-refractivity contribution in [3.05, 3.63) is 11.1 Å². The number of allylic oxidation sites excluding steroid dienone is 2. The number of carbonyl (C=O) groups excluding carboxylic acids is 3. The van der Waals surface area contributed by atoms with E-state index >= 15 is 0 Å². The van der Waals surface area contributed by atoms with E-state index in [1.807, 2.05) is 6.92 Å². The molecule has 0 aromatic rings. The number of carboxylic acids is 1. The zero-order valence-electron chi connectivity index (χ0n) is 33.5. The van der Waals surface area contributed by atoms with Crippen LogP contribution in [0.4, 0.5) is 0 Å². The normalized spacial score (nSPS) is 43.9. The number of ketones is 2. The molecule has 13 atom stereocenters. The molecule has 1 amide bonds. The summed E-state index contributed by atoms with van der Waals surface area (Å²) < 4.78 is 0. The number of nitrogens with one attached hydrogen (secondary N) is 2. The first-order valence-corrected chi connectivity index (χ1v) is 21.3. The van der Waals surface area contributed by atoms with Crippen LogP contribution in [0.5, 0.6) is 0 Å². The largest absolute Gasteiger partial charge is 0.481 e. The maximum Gasteiger partial charge on any atom is 0.306 e. The Morgan fingerprint density at radius 2 is 1.60 bits per heavy atom. The van der Waals surface area contributed by atoms with Gasteiger partial charge in [-0.05, 0) is 154 Å². The van der Waals surface area contributed by atoms with Gasteiger partial charge in [0.15, 0.2) is 5.78 Å². The van der Waals surface area contributed by atoms with Gasteiger partial charge in [-0.2, -0.15) is 0 Å². The van der Waals surface area contributed by atoms with Gasteiger partial charge in [-0.15, -0.1) is 0 Å². The number of nitrogens with two attached hydrogens (primary N) is 1. The van der Waals surface area contributed by atoms with Crippen molar-refractivity contribution in [1.29, 1.82) is 0 Å². The average Bonchev–Trinajstić information content (AvgIpc) is 3.42. The van der Waals surface area contributed by atoms with Crippen LogP contribution in [0.1, 0.15) is 138 Å². The predicted molar refractivity (Wildman–Crippen MR) is 205 cm³/mol. The highest BCUT2D eigenvalue weighted by atomic mass is 16.4. The van der Waals surface area contributed by atoms with E-state index in [1.54, 1.807) is 0 Å². The Balaban J connectivity index is 0.00000228. The third kappa shape index (κ3) is 6.56. The first-order valence-electron chi connectivity index (χ1n) is 21.3. The van der Waals surface area contributed by atoms with Gasteiger partial charge in [-0.25, -0.2) is 0 Å². The highest BCUT2D eigenvalue weighted by Crippen LogP contribution is 2.72. The second-order valence-corrected chi connectivity index (χ2v) is 19.4. The molecule has 0 bridgehead atoms. The minimum absolute atomic E-state index is 0.0388. The van der Waals surface area contributed by atoms with Crippen LogP contribution in [0.25, 0.3) is 0 Å². The van der Waals surface area contributed by atoms with Crippen molar-refractivity contribution < 1.29 is 24.3 Å². The lowest BCUT2D eigenvalue weighted by Gasteiger charge is -2.67. The number of hydrogen-bond donors (Lipinski definition) is 4. The lowest BCUT2D eigenvalue weighted by atomic mass is 9.37. The molecule has 0 radical (unpaired) electrons. The number of carbonyl (C=O) groups is 4. The number of aliphatic carboxylic acids is 1. The van der Waals surface area contributed by atoms with Crippen LogP contribution in [-0.2, 0) is 19.2 Å². The number of fused-ring (bicyclic) bond motifs is 7. The summed E-state index contributed by atoms with van der Waals surface area (Å²) >= 11 is 0.